The summed E-state index contributed by atoms with van der Waals surface area (Å²) in [5, 5.41) is 0. The molecule has 194 valence electrons. The first-order chi connectivity index (χ1) is 17.6. The van der Waals surface area contributed by atoms with Gasteiger partial charge in [0.2, 0.25) is 0 Å². The van der Waals surface area contributed by atoms with Crippen molar-refractivity contribution in [1.82, 2.24) is 0 Å². The lowest BCUT2D eigenvalue weighted by Gasteiger charge is -2.26. The maximum atomic E-state index is 5.94. The lowest BCUT2D eigenvalue weighted by Crippen LogP contribution is -2.10. The Labute approximate surface area is 219 Å². The highest BCUT2D eigenvalue weighted by molar-refractivity contribution is 5.77. The van der Waals surface area contributed by atoms with Crippen LogP contribution in [0, 0.1) is 0 Å². The zero-order chi connectivity index (χ0) is 25.6. The van der Waals surface area contributed by atoms with E-state index in [1.54, 1.807) is 0 Å². The standard InChI is InChI=1S/C33H47N3/c1-3-4-5-6-7-8-9-10-11-12-13-14-27(2)28-15-21-31(22-16-28)36(32-23-17-29(34)18-24-32)33-25-19-30(35)20-26-33/h15-27H,3-14,34-35H2,1-2H3. The molecule has 0 amide bonds. The van der Waals surface area contributed by atoms with Crippen LogP contribution >= 0.6 is 0 Å². The van der Waals surface area contributed by atoms with Crippen LogP contribution in [-0.2, 0) is 0 Å². The number of anilines is 5. The minimum atomic E-state index is 0.583. The Kier molecular flexibility index (Phi) is 11.7. The normalized spacial score (nSPS) is 11.9. The van der Waals surface area contributed by atoms with Gasteiger partial charge in [-0.05, 0) is 78.6 Å². The third-order valence-electron chi connectivity index (χ3n) is 7.26. The molecule has 0 aromatic heterocycles. The molecule has 4 N–H and O–H groups in total. The van der Waals surface area contributed by atoms with Gasteiger partial charge in [0, 0.05) is 28.4 Å². The van der Waals surface area contributed by atoms with Crippen molar-refractivity contribution in [2.75, 3.05) is 16.4 Å². The number of unbranched alkanes of at least 4 members (excludes halogenated alkanes) is 10. The van der Waals surface area contributed by atoms with Gasteiger partial charge in [-0.25, -0.2) is 0 Å². The van der Waals surface area contributed by atoms with Crippen molar-refractivity contribution in [2.45, 2.75) is 96.8 Å². The Morgan fingerprint density at radius 1 is 0.528 bits per heavy atom. The van der Waals surface area contributed by atoms with E-state index >= 15 is 0 Å². The molecule has 36 heavy (non-hydrogen) atoms. The maximum absolute atomic E-state index is 5.94. The third-order valence-corrected chi connectivity index (χ3v) is 7.26. The molecular weight excluding hydrogens is 438 g/mol. The summed E-state index contributed by atoms with van der Waals surface area (Å²) in [7, 11) is 0. The number of rotatable bonds is 16. The molecule has 3 aromatic rings. The summed E-state index contributed by atoms with van der Waals surface area (Å²) in [6, 6.07) is 25.1. The van der Waals surface area contributed by atoms with Gasteiger partial charge in [-0.15, -0.1) is 0 Å². The van der Waals surface area contributed by atoms with E-state index in [9.17, 15) is 0 Å². The maximum Gasteiger partial charge on any atom is 0.0463 e. The number of nitrogens with zero attached hydrogens (tertiary/aromatic N) is 1. The fourth-order valence-corrected chi connectivity index (χ4v) is 4.93. The average Bonchev–Trinajstić information content (AvgIpc) is 2.90. The van der Waals surface area contributed by atoms with E-state index in [2.05, 4.69) is 67.3 Å². The van der Waals surface area contributed by atoms with Crippen molar-refractivity contribution < 1.29 is 0 Å². The number of benzene rings is 3. The van der Waals surface area contributed by atoms with Gasteiger partial charge in [0.05, 0.1) is 0 Å². The highest BCUT2D eigenvalue weighted by Gasteiger charge is 2.13. The summed E-state index contributed by atoms with van der Waals surface area (Å²) in [5.74, 6) is 0.583. The second-order valence-corrected chi connectivity index (χ2v) is 10.3. The molecule has 0 bridgehead atoms. The first-order valence-corrected chi connectivity index (χ1v) is 14.2. The first kappa shape index (κ1) is 27.6. The highest BCUT2D eigenvalue weighted by atomic mass is 15.1. The van der Waals surface area contributed by atoms with Crippen molar-refractivity contribution >= 4 is 28.4 Å². The van der Waals surface area contributed by atoms with Crippen molar-refractivity contribution in [3.05, 3.63) is 78.4 Å². The summed E-state index contributed by atoms with van der Waals surface area (Å²) < 4.78 is 0. The van der Waals surface area contributed by atoms with E-state index in [1.165, 1.54) is 82.6 Å². The average molecular weight is 486 g/mol. The van der Waals surface area contributed by atoms with Crippen LogP contribution in [0.5, 0.6) is 0 Å². The minimum Gasteiger partial charge on any atom is -0.399 e. The summed E-state index contributed by atoms with van der Waals surface area (Å²) in [4.78, 5) is 2.25. The second kappa shape index (κ2) is 15.2. The van der Waals surface area contributed by atoms with Crippen LogP contribution in [0.2, 0.25) is 0 Å². The Hall–Kier alpha value is -2.94. The first-order valence-electron chi connectivity index (χ1n) is 14.2. The summed E-state index contributed by atoms with van der Waals surface area (Å²) in [5.41, 5.74) is 18.1. The van der Waals surface area contributed by atoms with Crippen LogP contribution in [0.4, 0.5) is 28.4 Å². The van der Waals surface area contributed by atoms with E-state index in [0.29, 0.717) is 5.92 Å². The van der Waals surface area contributed by atoms with Crippen LogP contribution in [0.25, 0.3) is 0 Å². The molecule has 0 spiro atoms. The van der Waals surface area contributed by atoms with Gasteiger partial charge in [0.1, 0.15) is 0 Å². The molecule has 0 saturated heterocycles. The smallest absolute Gasteiger partial charge is 0.0463 e. The lowest BCUT2D eigenvalue weighted by atomic mass is 9.94. The van der Waals surface area contributed by atoms with E-state index < -0.39 is 0 Å². The number of nitrogens with two attached hydrogens (primary N) is 2. The van der Waals surface area contributed by atoms with Crippen molar-refractivity contribution in [3.63, 3.8) is 0 Å². The number of hydrogen-bond acceptors (Lipinski definition) is 3. The molecule has 0 saturated carbocycles. The Bertz CT molecular complexity index is 931. The van der Waals surface area contributed by atoms with Gasteiger partial charge >= 0.3 is 0 Å². The zero-order valence-electron chi connectivity index (χ0n) is 22.6. The molecule has 0 fully saturated rings. The van der Waals surface area contributed by atoms with Gasteiger partial charge in [-0.2, -0.15) is 0 Å². The Morgan fingerprint density at radius 3 is 1.31 bits per heavy atom. The molecule has 0 aliphatic rings. The van der Waals surface area contributed by atoms with Crippen molar-refractivity contribution in [2.24, 2.45) is 0 Å². The van der Waals surface area contributed by atoms with Crippen LogP contribution in [0.3, 0.4) is 0 Å². The van der Waals surface area contributed by atoms with E-state index in [0.717, 1.165) is 28.4 Å². The highest BCUT2D eigenvalue weighted by Crippen LogP contribution is 2.36. The summed E-state index contributed by atoms with van der Waals surface area (Å²) in [6.45, 7) is 4.65. The Balaban J connectivity index is 1.49. The van der Waals surface area contributed by atoms with Gasteiger partial charge in [0.25, 0.3) is 0 Å². The SMILES string of the molecule is CCCCCCCCCCCCCC(C)c1ccc(N(c2ccc(N)cc2)c2ccc(N)cc2)cc1. The van der Waals surface area contributed by atoms with Gasteiger partial charge in [-0.3, -0.25) is 0 Å². The molecule has 0 radical (unpaired) electrons. The van der Waals surface area contributed by atoms with Crippen molar-refractivity contribution in [3.8, 4) is 0 Å². The number of hydrogen-bond donors (Lipinski definition) is 2. The molecule has 0 aliphatic heterocycles. The van der Waals surface area contributed by atoms with Crippen LogP contribution in [-0.4, -0.2) is 0 Å². The molecule has 0 heterocycles. The minimum absolute atomic E-state index is 0.583. The monoisotopic (exact) mass is 485 g/mol. The molecule has 0 aliphatic carbocycles. The van der Waals surface area contributed by atoms with Gasteiger partial charge in [0.15, 0.2) is 0 Å². The molecule has 3 heteroatoms. The van der Waals surface area contributed by atoms with Crippen LogP contribution in [0.1, 0.15) is 102 Å². The largest absolute Gasteiger partial charge is 0.399 e. The van der Waals surface area contributed by atoms with Crippen LogP contribution < -0.4 is 16.4 Å². The van der Waals surface area contributed by atoms with Crippen molar-refractivity contribution in [1.29, 1.82) is 0 Å². The van der Waals surface area contributed by atoms with E-state index in [4.69, 9.17) is 11.5 Å². The summed E-state index contributed by atoms with van der Waals surface area (Å²) in [6.07, 6.45) is 16.6. The number of nitrogen functional groups attached to an aromatic ring is 2. The molecular formula is C33H47N3. The molecule has 3 aromatic carbocycles. The third kappa shape index (κ3) is 8.93. The van der Waals surface area contributed by atoms with Crippen LogP contribution in [0.15, 0.2) is 72.8 Å². The molecule has 1 unspecified atom stereocenters. The molecule has 1 atom stereocenters. The van der Waals surface area contributed by atoms with Gasteiger partial charge < -0.3 is 16.4 Å². The Morgan fingerprint density at radius 2 is 0.889 bits per heavy atom. The summed E-state index contributed by atoms with van der Waals surface area (Å²) >= 11 is 0. The molecule has 3 rings (SSSR count). The molecule has 3 nitrogen and oxygen atoms in total. The van der Waals surface area contributed by atoms with E-state index in [-0.39, 0.29) is 0 Å². The lowest BCUT2D eigenvalue weighted by molar-refractivity contribution is 0.531. The topological polar surface area (TPSA) is 55.3 Å². The fraction of sp³-hybridized carbons (Fsp3) is 0.455. The predicted molar refractivity (Wildman–Crippen MR) is 159 cm³/mol. The van der Waals surface area contributed by atoms with Gasteiger partial charge in [-0.1, -0.05) is 96.6 Å². The zero-order valence-corrected chi connectivity index (χ0v) is 22.6. The quantitative estimate of drug-likeness (QED) is 0.157. The predicted octanol–water partition coefficient (Wildman–Crippen LogP) is 10.1. The fourth-order valence-electron chi connectivity index (χ4n) is 4.93. The van der Waals surface area contributed by atoms with E-state index in [1.807, 2.05) is 24.3 Å². The second-order valence-electron chi connectivity index (χ2n) is 10.3.